The van der Waals surface area contributed by atoms with E-state index in [9.17, 15) is 9.18 Å². The van der Waals surface area contributed by atoms with Crippen molar-refractivity contribution in [3.05, 3.63) is 35.6 Å². The van der Waals surface area contributed by atoms with Gasteiger partial charge in [0.25, 0.3) is 0 Å². The second-order valence-corrected chi connectivity index (χ2v) is 7.94. The van der Waals surface area contributed by atoms with Gasteiger partial charge in [-0.2, -0.15) is 0 Å². The van der Waals surface area contributed by atoms with Gasteiger partial charge in [0.15, 0.2) is 0 Å². The molecule has 2 heterocycles. The predicted molar refractivity (Wildman–Crippen MR) is 97.0 cm³/mol. The summed E-state index contributed by atoms with van der Waals surface area (Å²) < 4.78 is 13.1. The van der Waals surface area contributed by atoms with Crippen LogP contribution in [0.25, 0.3) is 0 Å². The van der Waals surface area contributed by atoms with Crippen molar-refractivity contribution in [3.8, 4) is 0 Å². The fourth-order valence-corrected chi connectivity index (χ4v) is 3.63. The quantitative estimate of drug-likeness (QED) is 0.908. The van der Waals surface area contributed by atoms with Crippen LogP contribution in [0.2, 0.25) is 0 Å². The van der Waals surface area contributed by atoms with Gasteiger partial charge >= 0.3 is 6.03 Å². The third kappa shape index (κ3) is 4.50. The molecule has 2 amide bonds. The lowest BCUT2D eigenvalue weighted by atomic mass is 9.95. The van der Waals surface area contributed by atoms with Crippen molar-refractivity contribution < 1.29 is 9.18 Å². The van der Waals surface area contributed by atoms with E-state index < -0.39 is 0 Å². The van der Waals surface area contributed by atoms with E-state index in [1.54, 1.807) is 12.1 Å². The standard InChI is InChI=1S/C19H29FN4O/c1-19(2,14-23-12-10-22(3)11-13-23)21-18(25)24-9-8-17(24)15-4-6-16(20)7-5-15/h4-7,17H,8-14H2,1-3H3,(H,21,25). The Morgan fingerprint density at radius 2 is 1.80 bits per heavy atom. The summed E-state index contributed by atoms with van der Waals surface area (Å²) in [6.07, 6.45) is 0.929. The van der Waals surface area contributed by atoms with Crippen LogP contribution in [-0.4, -0.2) is 72.6 Å². The number of urea groups is 1. The molecule has 0 spiro atoms. The van der Waals surface area contributed by atoms with Gasteiger partial charge in [-0.15, -0.1) is 0 Å². The highest BCUT2D eigenvalue weighted by Gasteiger charge is 2.36. The van der Waals surface area contributed by atoms with E-state index in [0.717, 1.165) is 51.3 Å². The van der Waals surface area contributed by atoms with Gasteiger partial charge in [0.2, 0.25) is 0 Å². The van der Waals surface area contributed by atoms with Crippen LogP contribution in [0.3, 0.4) is 0 Å². The lowest BCUT2D eigenvalue weighted by Gasteiger charge is -2.44. The lowest BCUT2D eigenvalue weighted by molar-refractivity contribution is 0.0952. The van der Waals surface area contributed by atoms with Crippen molar-refractivity contribution in [1.29, 1.82) is 0 Å². The first-order chi connectivity index (χ1) is 11.8. The van der Waals surface area contributed by atoms with E-state index >= 15 is 0 Å². The van der Waals surface area contributed by atoms with E-state index in [0.29, 0.717) is 0 Å². The third-order valence-electron chi connectivity index (χ3n) is 5.20. The highest BCUT2D eigenvalue weighted by molar-refractivity contribution is 5.76. The number of halogens is 1. The average molecular weight is 348 g/mol. The summed E-state index contributed by atoms with van der Waals surface area (Å²) in [4.78, 5) is 19.3. The molecule has 2 aliphatic rings. The summed E-state index contributed by atoms with van der Waals surface area (Å²) in [6, 6.07) is 6.49. The molecule has 0 aliphatic carbocycles. The summed E-state index contributed by atoms with van der Waals surface area (Å²) >= 11 is 0. The number of hydrogen-bond acceptors (Lipinski definition) is 3. The van der Waals surface area contributed by atoms with Crippen LogP contribution in [0.15, 0.2) is 24.3 Å². The molecule has 2 saturated heterocycles. The molecule has 138 valence electrons. The number of carbonyl (C=O) groups excluding carboxylic acids is 1. The Labute approximate surface area is 149 Å². The fourth-order valence-electron chi connectivity index (χ4n) is 3.63. The first-order valence-electron chi connectivity index (χ1n) is 9.09. The Hall–Kier alpha value is -1.66. The highest BCUT2D eigenvalue weighted by Crippen LogP contribution is 2.33. The molecule has 5 nitrogen and oxygen atoms in total. The molecule has 2 fully saturated rings. The van der Waals surface area contributed by atoms with Crippen molar-refractivity contribution in [3.63, 3.8) is 0 Å². The van der Waals surface area contributed by atoms with Crippen LogP contribution in [-0.2, 0) is 0 Å². The van der Waals surface area contributed by atoms with Crippen LogP contribution >= 0.6 is 0 Å². The summed E-state index contributed by atoms with van der Waals surface area (Å²) in [5.74, 6) is -0.243. The molecule has 0 aromatic heterocycles. The molecular formula is C19H29FN4O. The van der Waals surface area contributed by atoms with Gasteiger partial charge < -0.3 is 15.1 Å². The molecule has 1 atom stereocenters. The number of piperazine rings is 1. The Balaban J connectivity index is 1.54. The number of benzene rings is 1. The van der Waals surface area contributed by atoms with E-state index in [2.05, 4.69) is 36.0 Å². The molecule has 0 bridgehead atoms. The van der Waals surface area contributed by atoms with Gasteiger partial charge in [-0.3, -0.25) is 4.90 Å². The Kier molecular flexibility index (Phi) is 5.29. The molecular weight excluding hydrogens is 319 g/mol. The zero-order chi connectivity index (χ0) is 18.0. The van der Waals surface area contributed by atoms with Crippen molar-refractivity contribution in [1.82, 2.24) is 20.0 Å². The van der Waals surface area contributed by atoms with Gasteiger partial charge in [-0.1, -0.05) is 12.1 Å². The number of nitrogens with one attached hydrogen (secondary N) is 1. The molecule has 25 heavy (non-hydrogen) atoms. The fraction of sp³-hybridized carbons (Fsp3) is 0.632. The van der Waals surface area contributed by atoms with Crippen LogP contribution in [0.5, 0.6) is 0 Å². The van der Waals surface area contributed by atoms with Gasteiger partial charge in [-0.25, -0.2) is 9.18 Å². The van der Waals surface area contributed by atoms with Gasteiger partial charge in [0, 0.05) is 44.8 Å². The smallest absolute Gasteiger partial charge is 0.318 e. The summed E-state index contributed by atoms with van der Waals surface area (Å²) in [5.41, 5.74) is 0.718. The van der Waals surface area contributed by atoms with Crippen LogP contribution in [0.1, 0.15) is 31.9 Å². The molecule has 2 aliphatic heterocycles. The molecule has 0 saturated carbocycles. The van der Waals surface area contributed by atoms with Gasteiger partial charge in [0.1, 0.15) is 5.82 Å². The van der Waals surface area contributed by atoms with Gasteiger partial charge in [0.05, 0.1) is 6.04 Å². The van der Waals surface area contributed by atoms with Crippen LogP contribution < -0.4 is 5.32 Å². The maximum Gasteiger partial charge on any atom is 0.318 e. The molecule has 1 unspecified atom stereocenters. The Morgan fingerprint density at radius 3 is 2.36 bits per heavy atom. The minimum atomic E-state index is -0.282. The monoisotopic (exact) mass is 348 g/mol. The normalized spacial score (nSPS) is 22.6. The third-order valence-corrected chi connectivity index (χ3v) is 5.20. The molecule has 1 N–H and O–H groups in total. The number of amides is 2. The molecule has 3 rings (SSSR count). The van der Waals surface area contributed by atoms with Crippen molar-refractivity contribution in [2.45, 2.75) is 31.8 Å². The largest absolute Gasteiger partial charge is 0.332 e. The first kappa shape index (κ1) is 18.1. The van der Waals surface area contributed by atoms with E-state index in [1.165, 1.54) is 12.1 Å². The Bertz CT molecular complexity index is 596. The average Bonchev–Trinajstić information content (AvgIpc) is 2.50. The second kappa shape index (κ2) is 7.30. The maximum atomic E-state index is 13.1. The minimum absolute atomic E-state index is 0.0281. The SMILES string of the molecule is CN1CCN(CC(C)(C)NC(=O)N2CCC2c2ccc(F)cc2)CC1. The first-order valence-corrected chi connectivity index (χ1v) is 9.09. The lowest BCUT2D eigenvalue weighted by Crippen LogP contribution is -2.59. The summed E-state index contributed by atoms with van der Waals surface area (Å²) in [5, 5.41) is 3.19. The summed E-state index contributed by atoms with van der Waals surface area (Å²) in [6.45, 7) is 9.98. The maximum absolute atomic E-state index is 13.1. The van der Waals surface area contributed by atoms with E-state index in [-0.39, 0.29) is 23.4 Å². The number of hydrogen-bond donors (Lipinski definition) is 1. The molecule has 1 aromatic rings. The minimum Gasteiger partial charge on any atom is -0.332 e. The van der Waals surface area contributed by atoms with Crippen molar-refractivity contribution >= 4 is 6.03 Å². The number of rotatable bonds is 4. The summed E-state index contributed by atoms with van der Waals surface area (Å²) in [7, 11) is 2.14. The van der Waals surface area contributed by atoms with Crippen LogP contribution in [0.4, 0.5) is 9.18 Å². The van der Waals surface area contributed by atoms with Crippen molar-refractivity contribution in [2.75, 3.05) is 46.3 Å². The zero-order valence-electron chi connectivity index (χ0n) is 15.5. The van der Waals surface area contributed by atoms with Gasteiger partial charge in [-0.05, 0) is 45.0 Å². The Morgan fingerprint density at radius 1 is 1.16 bits per heavy atom. The van der Waals surface area contributed by atoms with Crippen molar-refractivity contribution in [2.24, 2.45) is 0 Å². The number of likely N-dealkylation sites (N-methyl/N-ethyl adjacent to an activating group) is 1. The highest BCUT2D eigenvalue weighted by atomic mass is 19.1. The number of carbonyl (C=O) groups is 1. The number of likely N-dealkylation sites (tertiary alicyclic amines) is 1. The second-order valence-electron chi connectivity index (χ2n) is 7.94. The molecule has 6 heteroatoms. The molecule has 1 aromatic carbocycles. The zero-order valence-corrected chi connectivity index (χ0v) is 15.5. The van der Waals surface area contributed by atoms with E-state index in [1.807, 2.05) is 4.90 Å². The van der Waals surface area contributed by atoms with Crippen LogP contribution in [0, 0.1) is 5.82 Å². The van der Waals surface area contributed by atoms with E-state index in [4.69, 9.17) is 0 Å². The topological polar surface area (TPSA) is 38.8 Å². The number of nitrogens with zero attached hydrogens (tertiary/aromatic N) is 3. The molecule has 0 radical (unpaired) electrons. The predicted octanol–water partition coefficient (Wildman–Crippen LogP) is 2.31.